The number of fused-ring (bicyclic) bond motifs is 6. The number of halogens is 6. The molecule has 4 heterocycles. The van der Waals surface area contributed by atoms with Gasteiger partial charge in [0.25, 0.3) is 0 Å². The lowest BCUT2D eigenvalue weighted by molar-refractivity contribution is -0.142. The van der Waals surface area contributed by atoms with Crippen LogP contribution in [0.5, 0.6) is 0 Å². The molecule has 6 aromatic carbocycles. The number of rotatable bonds is 5. The summed E-state index contributed by atoms with van der Waals surface area (Å²) >= 11 is 0. The lowest BCUT2D eigenvalue weighted by Crippen LogP contribution is -2.16. The molecule has 0 aliphatic heterocycles. The minimum atomic E-state index is -5.26. The Morgan fingerprint density at radius 2 is 0.828 bits per heavy atom. The quantitative estimate of drug-likeness (QED) is 0.158. The maximum atomic E-state index is 15.5. The topological polar surface area (TPSA) is 111 Å². The molecule has 0 N–H and O–H groups in total. The second-order valence-electron chi connectivity index (χ2n) is 15.4. The van der Waals surface area contributed by atoms with Crippen LogP contribution in [-0.4, -0.2) is 39.0 Å². The maximum absolute atomic E-state index is 15.5. The average Bonchev–Trinajstić information content (AvgIpc) is 3.76. The van der Waals surface area contributed by atoms with E-state index >= 15 is 26.3 Å². The monoisotopic (exact) mass is 859 g/mol. The summed E-state index contributed by atoms with van der Waals surface area (Å²) in [5.74, 6) is 2.46. The largest absolute Gasteiger partial charge is 0.417 e. The molecular weight excluding hydrogens is 829 g/mol. The highest BCUT2D eigenvalue weighted by molar-refractivity contribution is 6.13. The lowest BCUT2D eigenvalue weighted by Gasteiger charge is -2.25. The van der Waals surface area contributed by atoms with Crippen LogP contribution in [0.1, 0.15) is 40.0 Å². The van der Waals surface area contributed by atoms with Gasteiger partial charge in [-0.25, -0.2) is 29.9 Å². The van der Waals surface area contributed by atoms with Gasteiger partial charge in [0.2, 0.25) is 0 Å². The van der Waals surface area contributed by atoms with E-state index in [9.17, 15) is 5.26 Å². The second kappa shape index (κ2) is 14.6. The van der Waals surface area contributed by atoms with Crippen LogP contribution < -0.4 is 0 Å². The Balaban J connectivity index is 1.43. The molecule has 0 saturated heterocycles. The molecule has 0 fully saturated rings. The van der Waals surface area contributed by atoms with E-state index in [0.29, 0.717) is 102 Å². The number of para-hydroxylation sites is 2. The van der Waals surface area contributed by atoms with Gasteiger partial charge in [-0.15, -0.1) is 0 Å². The predicted octanol–water partition coefficient (Wildman–Crippen LogP) is 12.4. The molecule has 9 nitrogen and oxygen atoms in total. The smallest absolute Gasteiger partial charge is 0.308 e. The summed E-state index contributed by atoms with van der Waals surface area (Å²) in [5, 5.41) is 13.4. The van der Waals surface area contributed by atoms with Crippen LogP contribution >= 0.6 is 0 Å². The molecule has 0 radical (unpaired) electrons. The molecule has 10 rings (SSSR count). The third-order valence-corrected chi connectivity index (χ3v) is 11.2. The second-order valence-corrected chi connectivity index (χ2v) is 15.4. The Morgan fingerprint density at radius 1 is 0.438 bits per heavy atom. The highest BCUT2D eigenvalue weighted by atomic mass is 19.4. The van der Waals surface area contributed by atoms with E-state index in [2.05, 4.69) is 36.0 Å². The van der Waals surface area contributed by atoms with Crippen molar-refractivity contribution in [1.29, 1.82) is 5.26 Å². The van der Waals surface area contributed by atoms with Gasteiger partial charge >= 0.3 is 12.4 Å². The van der Waals surface area contributed by atoms with Gasteiger partial charge in [0, 0.05) is 43.8 Å². The number of aryl methyl sites for hydroxylation is 4. The van der Waals surface area contributed by atoms with Crippen molar-refractivity contribution in [2.45, 2.75) is 40.0 Å². The first-order valence-electron chi connectivity index (χ1n) is 19.9. The molecule has 64 heavy (non-hydrogen) atoms. The number of alkyl halides is 6. The highest BCUT2D eigenvalue weighted by Gasteiger charge is 2.43. The van der Waals surface area contributed by atoms with E-state index in [4.69, 9.17) is 0 Å². The fourth-order valence-corrected chi connectivity index (χ4v) is 8.81. The first-order valence-corrected chi connectivity index (χ1v) is 19.9. The molecule has 0 saturated carbocycles. The van der Waals surface area contributed by atoms with Crippen LogP contribution in [0.3, 0.4) is 0 Å². The molecule has 0 unspecified atom stereocenters. The van der Waals surface area contributed by atoms with Crippen molar-refractivity contribution in [3.8, 4) is 51.3 Å². The molecule has 0 aliphatic rings. The zero-order chi connectivity index (χ0) is 44.8. The van der Waals surface area contributed by atoms with Crippen molar-refractivity contribution in [2.75, 3.05) is 0 Å². The Kier molecular flexibility index (Phi) is 9.12. The van der Waals surface area contributed by atoms with Crippen LogP contribution in [-0.2, 0) is 12.4 Å². The molecule has 4 aromatic heterocycles. The molecule has 0 amide bonds. The maximum Gasteiger partial charge on any atom is 0.417 e. The van der Waals surface area contributed by atoms with Crippen molar-refractivity contribution in [3.63, 3.8) is 0 Å². The van der Waals surface area contributed by atoms with Gasteiger partial charge in [-0.2, -0.15) is 31.6 Å². The van der Waals surface area contributed by atoms with Crippen molar-refractivity contribution >= 4 is 43.6 Å². The van der Waals surface area contributed by atoms with Gasteiger partial charge in [-0.05, 0) is 76.2 Å². The van der Waals surface area contributed by atoms with Gasteiger partial charge in [0.15, 0.2) is 11.6 Å². The van der Waals surface area contributed by atoms with E-state index in [0.717, 1.165) is 6.07 Å². The van der Waals surface area contributed by atoms with Crippen molar-refractivity contribution in [3.05, 3.63) is 155 Å². The number of nitrogens with zero attached hydrogens (tertiary/aromatic N) is 9. The summed E-state index contributed by atoms with van der Waals surface area (Å²) in [6.45, 7) is 6.87. The van der Waals surface area contributed by atoms with Gasteiger partial charge in [0.05, 0.1) is 56.2 Å². The molecule has 10 aromatic rings. The van der Waals surface area contributed by atoms with Gasteiger partial charge in [-0.3, -0.25) is 0 Å². The molecule has 0 atom stereocenters. The Labute approximate surface area is 360 Å². The minimum Gasteiger partial charge on any atom is -0.308 e. The molecule has 0 bridgehead atoms. The number of benzene rings is 6. The Morgan fingerprint density at radius 3 is 1.22 bits per heavy atom. The van der Waals surface area contributed by atoms with Crippen LogP contribution in [0.2, 0.25) is 0 Å². The van der Waals surface area contributed by atoms with Crippen molar-refractivity contribution < 1.29 is 26.3 Å². The highest BCUT2D eigenvalue weighted by Crippen LogP contribution is 2.50. The molecule has 0 spiro atoms. The summed E-state index contributed by atoms with van der Waals surface area (Å²) in [5.41, 5.74) is -1.97. The van der Waals surface area contributed by atoms with E-state index in [1.165, 1.54) is 12.1 Å². The average molecular weight is 860 g/mol. The number of hydrogen-bond acceptors (Lipinski definition) is 7. The Bertz CT molecular complexity index is 3350. The van der Waals surface area contributed by atoms with E-state index in [-0.39, 0.29) is 16.9 Å². The van der Waals surface area contributed by atoms with Crippen molar-refractivity contribution in [2.24, 2.45) is 0 Å². The third kappa shape index (κ3) is 6.57. The molecule has 0 aliphatic carbocycles. The van der Waals surface area contributed by atoms with Crippen LogP contribution in [0.25, 0.3) is 88.9 Å². The number of aromatic nitrogens is 8. The molecular formula is C49H31F6N9. The first kappa shape index (κ1) is 40.1. The van der Waals surface area contributed by atoms with Gasteiger partial charge in [0.1, 0.15) is 23.3 Å². The zero-order valence-electron chi connectivity index (χ0n) is 34.3. The SMILES string of the molecule is Cc1nc(C)nc(-c2ccc3c4ccccc4n(-c4cc(C#N)cc(-n5c6ccccc6c6ccc(-c7nc(C)nc(C)n7)cc65)c4-c4c(C(F)(F)F)cccc4C(F)(F)F)c3c2)n1. The third-order valence-electron chi connectivity index (χ3n) is 11.2. The Hall–Kier alpha value is -7.99. The fourth-order valence-electron chi connectivity index (χ4n) is 8.81. The van der Waals surface area contributed by atoms with Crippen molar-refractivity contribution in [1.82, 2.24) is 39.0 Å². The summed E-state index contributed by atoms with van der Waals surface area (Å²) in [4.78, 5) is 26.8. The summed E-state index contributed by atoms with van der Waals surface area (Å²) in [6, 6.07) is 31.8. The normalized spacial score (nSPS) is 12.2. The van der Waals surface area contributed by atoms with Gasteiger partial charge < -0.3 is 9.13 Å². The summed E-state index contributed by atoms with van der Waals surface area (Å²) in [6.07, 6.45) is -10.5. The minimum absolute atomic E-state index is 0.0246. The fraction of sp³-hybridized carbons (Fsp3) is 0.122. The van der Waals surface area contributed by atoms with Gasteiger partial charge in [-0.1, -0.05) is 66.7 Å². The molecule has 314 valence electrons. The lowest BCUT2D eigenvalue weighted by atomic mass is 9.89. The van der Waals surface area contributed by atoms with E-state index < -0.39 is 34.6 Å². The predicted molar refractivity (Wildman–Crippen MR) is 232 cm³/mol. The van der Waals surface area contributed by atoms with Crippen LogP contribution in [0.15, 0.2) is 115 Å². The van der Waals surface area contributed by atoms with Crippen LogP contribution in [0.4, 0.5) is 26.3 Å². The number of nitriles is 1. The molecule has 15 heteroatoms. The standard InChI is InChI=1S/C49H31F6N9/c1-25-57-26(2)60-46(59-25)30-16-18-34-32-10-5-7-14-38(32)63(40(34)22-30)42-20-29(24-56)21-43(45(42)44-36(48(50,51)52)12-9-13-37(44)49(53,54)55)64-39-15-8-6-11-33(39)35-19-17-31(23-41(35)64)47-61-27(3)58-28(4)62-47/h5-23H,1-4H3. The van der Waals surface area contributed by atoms with E-state index in [1.54, 1.807) is 97.5 Å². The zero-order valence-corrected chi connectivity index (χ0v) is 34.3. The van der Waals surface area contributed by atoms with Crippen LogP contribution in [0, 0.1) is 39.0 Å². The van der Waals surface area contributed by atoms with E-state index in [1.807, 2.05) is 24.3 Å². The summed E-state index contributed by atoms with van der Waals surface area (Å²) < 4.78 is 96.5. The number of hydrogen-bond donors (Lipinski definition) is 0. The summed E-state index contributed by atoms with van der Waals surface area (Å²) in [7, 11) is 0. The first-order chi connectivity index (χ1) is 30.6.